The van der Waals surface area contributed by atoms with E-state index < -0.39 is 50.7 Å². The molecule has 3 rings (SSSR count). The maximum absolute atomic E-state index is 13.8. The molecule has 0 atom stereocenters. The molecule has 13 heteroatoms. The molecule has 0 aliphatic carbocycles. The van der Waals surface area contributed by atoms with Crippen molar-refractivity contribution in [2.24, 2.45) is 5.10 Å². The van der Waals surface area contributed by atoms with Crippen LogP contribution >= 0.6 is 23.2 Å². The summed E-state index contributed by atoms with van der Waals surface area (Å²) in [4.78, 5) is 12.2. The van der Waals surface area contributed by atoms with Crippen molar-refractivity contribution in [1.82, 2.24) is 5.43 Å². The van der Waals surface area contributed by atoms with Crippen LogP contribution in [-0.2, 0) is 21.0 Å². The average molecular weight is 548 g/mol. The van der Waals surface area contributed by atoms with Crippen molar-refractivity contribution in [3.8, 4) is 0 Å². The molecule has 0 bridgehead atoms. The number of hydrogen-bond acceptors (Lipinski definition) is 4. The van der Waals surface area contributed by atoms with E-state index >= 15 is 0 Å². The van der Waals surface area contributed by atoms with Gasteiger partial charge >= 0.3 is 6.18 Å². The van der Waals surface area contributed by atoms with Gasteiger partial charge in [0.25, 0.3) is 15.9 Å². The van der Waals surface area contributed by atoms with Crippen LogP contribution in [-0.4, -0.2) is 27.1 Å². The molecular weight excluding hydrogens is 533 g/mol. The standard InChI is InChI=1S/C22H15Cl2F4N3O3S/c23-18-7-4-8-20(25)16(18)12-29-30-21(32)13-31(35(33,34)15-5-2-1-3-6-15)14-9-10-19(24)17(11-14)22(26,27)28/h1-12H,13H2,(H,30,32)/b29-12-. The smallest absolute Gasteiger partial charge is 0.271 e. The van der Waals surface area contributed by atoms with Crippen LogP contribution in [0.25, 0.3) is 0 Å². The maximum atomic E-state index is 13.8. The SMILES string of the molecule is O=C(CN(c1ccc(Cl)c(C(F)(F)F)c1)S(=O)(=O)c1ccccc1)N/N=C\c1c(F)cccc1Cl. The summed E-state index contributed by atoms with van der Waals surface area (Å²) in [6, 6.07) is 13.1. The minimum Gasteiger partial charge on any atom is -0.271 e. The van der Waals surface area contributed by atoms with Gasteiger partial charge in [0.2, 0.25) is 0 Å². The first kappa shape index (κ1) is 26.5. The van der Waals surface area contributed by atoms with E-state index in [-0.39, 0.29) is 15.5 Å². The second kappa shape index (κ2) is 10.6. The molecule has 6 nitrogen and oxygen atoms in total. The Hall–Kier alpha value is -3.15. The van der Waals surface area contributed by atoms with Gasteiger partial charge < -0.3 is 0 Å². The van der Waals surface area contributed by atoms with E-state index in [2.05, 4.69) is 5.10 Å². The highest BCUT2D eigenvalue weighted by Crippen LogP contribution is 2.38. The van der Waals surface area contributed by atoms with E-state index in [0.29, 0.717) is 10.4 Å². The van der Waals surface area contributed by atoms with E-state index in [0.717, 1.165) is 24.4 Å². The topological polar surface area (TPSA) is 78.8 Å². The number of benzene rings is 3. The van der Waals surface area contributed by atoms with Crippen molar-refractivity contribution in [3.63, 3.8) is 0 Å². The minimum absolute atomic E-state index is 0.0112. The Kier molecular flexibility index (Phi) is 8.04. The van der Waals surface area contributed by atoms with Crippen LogP contribution in [0.1, 0.15) is 11.1 Å². The van der Waals surface area contributed by atoms with Gasteiger partial charge in [-0.2, -0.15) is 18.3 Å². The van der Waals surface area contributed by atoms with Gasteiger partial charge in [0.05, 0.1) is 32.4 Å². The number of sulfonamides is 1. The summed E-state index contributed by atoms with van der Waals surface area (Å²) in [6.07, 6.45) is -3.96. The fourth-order valence-electron chi connectivity index (χ4n) is 2.89. The van der Waals surface area contributed by atoms with Gasteiger partial charge in [0.15, 0.2) is 0 Å². The average Bonchev–Trinajstić information content (AvgIpc) is 2.79. The Balaban J connectivity index is 1.95. The first-order valence-electron chi connectivity index (χ1n) is 9.61. The van der Waals surface area contributed by atoms with Crippen molar-refractivity contribution < 1.29 is 30.8 Å². The third-order valence-electron chi connectivity index (χ3n) is 4.54. The highest BCUT2D eigenvalue weighted by molar-refractivity contribution is 7.92. The van der Waals surface area contributed by atoms with E-state index in [1.165, 1.54) is 36.4 Å². The molecule has 3 aromatic rings. The Morgan fingerprint density at radius 2 is 1.69 bits per heavy atom. The summed E-state index contributed by atoms with van der Waals surface area (Å²) in [5, 5.41) is 2.93. The predicted octanol–water partition coefficient (Wildman–Crippen LogP) is 5.50. The monoisotopic (exact) mass is 547 g/mol. The molecule has 1 amide bonds. The van der Waals surface area contributed by atoms with Crippen LogP contribution in [0, 0.1) is 5.82 Å². The van der Waals surface area contributed by atoms with Crippen LogP contribution < -0.4 is 9.73 Å². The van der Waals surface area contributed by atoms with E-state index in [1.807, 2.05) is 5.43 Å². The quantitative estimate of drug-likeness (QED) is 0.241. The van der Waals surface area contributed by atoms with Gasteiger partial charge in [0, 0.05) is 5.56 Å². The molecule has 0 aliphatic heterocycles. The lowest BCUT2D eigenvalue weighted by Gasteiger charge is -2.24. The van der Waals surface area contributed by atoms with Crippen molar-refractivity contribution in [1.29, 1.82) is 0 Å². The van der Waals surface area contributed by atoms with E-state index in [1.54, 1.807) is 6.07 Å². The number of anilines is 1. The third-order valence-corrected chi connectivity index (χ3v) is 6.99. The molecule has 184 valence electrons. The number of halogens is 6. The molecule has 0 heterocycles. The molecule has 0 aliphatic rings. The summed E-state index contributed by atoms with van der Waals surface area (Å²) in [5.41, 5.74) is 0.151. The van der Waals surface area contributed by atoms with Crippen LogP contribution in [0.5, 0.6) is 0 Å². The highest BCUT2D eigenvalue weighted by atomic mass is 35.5. The number of nitrogens with one attached hydrogen (secondary N) is 1. The predicted molar refractivity (Wildman–Crippen MR) is 125 cm³/mol. The zero-order valence-corrected chi connectivity index (χ0v) is 19.8. The Morgan fingerprint density at radius 3 is 2.31 bits per heavy atom. The number of rotatable bonds is 7. The van der Waals surface area contributed by atoms with Crippen molar-refractivity contribution >= 4 is 51.0 Å². The lowest BCUT2D eigenvalue weighted by molar-refractivity contribution is -0.137. The van der Waals surface area contributed by atoms with Crippen molar-refractivity contribution in [2.75, 3.05) is 10.8 Å². The molecule has 0 unspecified atom stereocenters. The van der Waals surface area contributed by atoms with Gasteiger partial charge in [-0.1, -0.05) is 47.5 Å². The third kappa shape index (κ3) is 6.30. The molecule has 35 heavy (non-hydrogen) atoms. The van der Waals surface area contributed by atoms with Gasteiger partial charge in [-0.15, -0.1) is 0 Å². The van der Waals surface area contributed by atoms with E-state index in [9.17, 15) is 30.8 Å². The molecule has 1 N–H and O–H groups in total. The largest absolute Gasteiger partial charge is 0.417 e. The first-order valence-corrected chi connectivity index (χ1v) is 11.8. The Labute approximate surface area is 207 Å². The molecule has 0 spiro atoms. The Morgan fingerprint density at radius 1 is 1.00 bits per heavy atom. The number of hydrogen-bond donors (Lipinski definition) is 1. The van der Waals surface area contributed by atoms with Gasteiger partial charge in [0.1, 0.15) is 12.4 Å². The lowest BCUT2D eigenvalue weighted by atomic mass is 10.2. The number of carbonyl (C=O) groups excluding carboxylic acids is 1. The van der Waals surface area contributed by atoms with Crippen LogP contribution in [0.2, 0.25) is 10.0 Å². The minimum atomic E-state index is -4.87. The maximum Gasteiger partial charge on any atom is 0.417 e. The summed E-state index contributed by atoms with van der Waals surface area (Å²) >= 11 is 11.5. The van der Waals surface area contributed by atoms with Gasteiger partial charge in [-0.05, 0) is 42.5 Å². The summed E-state index contributed by atoms with van der Waals surface area (Å²) in [5.74, 6) is -1.73. The number of nitrogens with zero attached hydrogens (tertiary/aromatic N) is 2. The zero-order valence-electron chi connectivity index (χ0n) is 17.4. The summed E-state index contributed by atoms with van der Waals surface area (Å²) in [6.45, 7) is -0.946. The van der Waals surface area contributed by atoms with Crippen LogP contribution in [0.4, 0.5) is 23.2 Å². The number of hydrazone groups is 1. The highest BCUT2D eigenvalue weighted by Gasteiger charge is 2.35. The van der Waals surface area contributed by atoms with Crippen molar-refractivity contribution in [2.45, 2.75) is 11.1 Å². The molecule has 0 saturated heterocycles. The molecule has 3 aromatic carbocycles. The van der Waals surface area contributed by atoms with Gasteiger partial charge in [-0.3, -0.25) is 9.10 Å². The van der Waals surface area contributed by atoms with Crippen LogP contribution in [0.15, 0.2) is 76.7 Å². The van der Waals surface area contributed by atoms with Crippen molar-refractivity contribution in [3.05, 3.63) is 93.7 Å². The number of amides is 1. The summed E-state index contributed by atoms with van der Waals surface area (Å²) < 4.78 is 80.9. The fourth-order valence-corrected chi connectivity index (χ4v) is 4.76. The molecule has 0 radical (unpaired) electrons. The zero-order chi connectivity index (χ0) is 25.8. The molecular formula is C22H15Cl2F4N3O3S. The number of carbonyl (C=O) groups is 1. The molecule has 0 fully saturated rings. The Bertz CT molecular complexity index is 1350. The van der Waals surface area contributed by atoms with E-state index in [4.69, 9.17) is 23.2 Å². The normalized spacial score (nSPS) is 12.1. The second-order valence-electron chi connectivity index (χ2n) is 6.92. The number of alkyl halides is 3. The van der Waals surface area contributed by atoms with Crippen LogP contribution in [0.3, 0.4) is 0 Å². The summed E-state index contributed by atoms with van der Waals surface area (Å²) in [7, 11) is -4.49. The fraction of sp³-hybridized carbons (Fsp3) is 0.0909. The molecule has 0 saturated carbocycles. The lowest BCUT2D eigenvalue weighted by Crippen LogP contribution is -2.39. The molecule has 0 aromatic heterocycles. The van der Waals surface area contributed by atoms with Gasteiger partial charge in [-0.25, -0.2) is 18.2 Å². The first-order chi connectivity index (χ1) is 16.4. The second-order valence-corrected chi connectivity index (χ2v) is 9.59.